The highest BCUT2D eigenvalue weighted by Gasteiger charge is 2.06. The molecule has 2 aromatic carbocycles. The van der Waals surface area contributed by atoms with Crippen molar-refractivity contribution in [2.24, 2.45) is 0 Å². The maximum absolute atomic E-state index is 5.82. The van der Waals surface area contributed by atoms with Crippen molar-refractivity contribution < 1.29 is 4.74 Å². The Hall–Kier alpha value is -3.45. The average molecular weight is 374 g/mol. The Morgan fingerprint density at radius 3 is 2.93 bits per heavy atom. The lowest BCUT2D eigenvalue weighted by Gasteiger charge is -2.12. The van der Waals surface area contributed by atoms with Crippen LogP contribution in [0.5, 0.6) is 5.75 Å². The van der Waals surface area contributed by atoms with Crippen molar-refractivity contribution in [3.8, 4) is 17.1 Å². The summed E-state index contributed by atoms with van der Waals surface area (Å²) in [5, 5.41) is 11.4. The minimum Gasteiger partial charge on any atom is -0.492 e. The minimum atomic E-state index is 0.634. The van der Waals surface area contributed by atoms with Gasteiger partial charge in [-0.15, -0.1) is 0 Å². The van der Waals surface area contributed by atoms with Crippen molar-refractivity contribution >= 4 is 22.4 Å². The summed E-state index contributed by atoms with van der Waals surface area (Å²) in [6.07, 6.45) is 3.55. The normalized spacial score (nSPS) is 11.1. The molecule has 0 radical (unpaired) electrons. The number of ether oxygens (including phenoxy) is 1. The number of anilines is 2. The van der Waals surface area contributed by atoms with E-state index in [1.54, 1.807) is 12.4 Å². The number of rotatable bonds is 7. The zero-order valence-corrected chi connectivity index (χ0v) is 15.9. The van der Waals surface area contributed by atoms with Gasteiger partial charge in [0.2, 0.25) is 0 Å². The van der Waals surface area contributed by atoms with Crippen LogP contribution in [-0.2, 0) is 0 Å². The second-order valence-electron chi connectivity index (χ2n) is 6.74. The van der Waals surface area contributed by atoms with E-state index < -0.39 is 0 Å². The van der Waals surface area contributed by atoms with Gasteiger partial charge in [0, 0.05) is 29.4 Å². The number of nitrogens with one attached hydrogen (secondary N) is 2. The van der Waals surface area contributed by atoms with Crippen LogP contribution in [0.3, 0.4) is 0 Å². The fourth-order valence-corrected chi connectivity index (χ4v) is 2.81. The van der Waals surface area contributed by atoms with Crippen LogP contribution in [0.4, 0.5) is 11.5 Å². The number of H-pyrrole nitrogens is 1. The van der Waals surface area contributed by atoms with Crippen molar-refractivity contribution in [2.75, 3.05) is 32.6 Å². The van der Waals surface area contributed by atoms with Crippen LogP contribution in [0.1, 0.15) is 0 Å². The number of hydrogen-bond acceptors (Lipinski definition) is 6. The Labute approximate surface area is 163 Å². The number of aromatic amines is 1. The van der Waals surface area contributed by atoms with Crippen LogP contribution in [0.15, 0.2) is 60.9 Å². The fourth-order valence-electron chi connectivity index (χ4n) is 2.81. The van der Waals surface area contributed by atoms with Crippen LogP contribution in [0.2, 0.25) is 0 Å². The molecule has 0 aliphatic rings. The van der Waals surface area contributed by atoms with Gasteiger partial charge >= 0.3 is 0 Å². The molecule has 142 valence electrons. The third-order valence-electron chi connectivity index (χ3n) is 4.27. The second kappa shape index (κ2) is 8.06. The highest BCUT2D eigenvalue weighted by atomic mass is 16.5. The van der Waals surface area contributed by atoms with Gasteiger partial charge < -0.3 is 15.0 Å². The maximum atomic E-state index is 5.82. The molecule has 0 fully saturated rings. The van der Waals surface area contributed by atoms with Crippen molar-refractivity contribution in [2.45, 2.75) is 0 Å². The summed E-state index contributed by atoms with van der Waals surface area (Å²) in [5.74, 6) is 2.19. The predicted molar refractivity (Wildman–Crippen MR) is 111 cm³/mol. The topological polar surface area (TPSA) is 79.0 Å². The molecule has 4 aromatic rings. The third-order valence-corrected chi connectivity index (χ3v) is 4.27. The summed E-state index contributed by atoms with van der Waals surface area (Å²) in [5.41, 5.74) is 2.86. The lowest BCUT2D eigenvalue weighted by Crippen LogP contribution is -2.19. The molecule has 0 spiro atoms. The molecule has 2 heterocycles. The molecule has 7 nitrogen and oxygen atoms in total. The van der Waals surface area contributed by atoms with E-state index in [0.29, 0.717) is 12.4 Å². The third kappa shape index (κ3) is 4.27. The van der Waals surface area contributed by atoms with Crippen molar-refractivity contribution in [1.29, 1.82) is 0 Å². The first-order chi connectivity index (χ1) is 13.7. The Kier molecular flexibility index (Phi) is 5.16. The Morgan fingerprint density at radius 2 is 2.04 bits per heavy atom. The molecule has 4 rings (SSSR count). The van der Waals surface area contributed by atoms with E-state index in [4.69, 9.17) is 4.74 Å². The summed E-state index contributed by atoms with van der Waals surface area (Å²) in [6.45, 7) is 1.50. The number of likely N-dealkylation sites (N-methyl/N-ethyl adjacent to an activating group) is 1. The minimum absolute atomic E-state index is 0.634. The van der Waals surface area contributed by atoms with E-state index in [1.165, 1.54) is 0 Å². The first kappa shape index (κ1) is 17.9. The molecular formula is C21H22N6O. The number of fused-ring (bicyclic) bond motifs is 1. The number of hydrogen-bond donors (Lipinski definition) is 2. The second-order valence-corrected chi connectivity index (χ2v) is 6.74. The van der Waals surface area contributed by atoms with Crippen LogP contribution in [0, 0.1) is 0 Å². The van der Waals surface area contributed by atoms with Crippen molar-refractivity contribution in [3.05, 3.63) is 60.9 Å². The SMILES string of the molecule is CN(C)CCOc1cccc(-c2nccc(Nc3ccc4[nH]ncc4c3)n2)c1. The molecule has 28 heavy (non-hydrogen) atoms. The quantitative estimate of drug-likeness (QED) is 0.513. The fraction of sp³-hybridized carbons (Fsp3) is 0.190. The monoisotopic (exact) mass is 374 g/mol. The first-order valence-electron chi connectivity index (χ1n) is 9.08. The van der Waals surface area contributed by atoms with Crippen LogP contribution in [-0.4, -0.2) is 52.3 Å². The molecule has 0 saturated carbocycles. The van der Waals surface area contributed by atoms with E-state index >= 15 is 0 Å². The summed E-state index contributed by atoms with van der Waals surface area (Å²) in [7, 11) is 4.05. The zero-order valence-electron chi connectivity index (χ0n) is 15.9. The van der Waals surface area contributed by atoms with Gasteiger partial charge in [0.15, 0.2) is 5.82 Å². The molecule has 0 atom stereocenters. The Bertz CT molecular complexity index is 1080. The molecule has 2 N–H and O–H groups in total. The van der Waals surface area contributed by atoms with Gasteiger partial charge in [-0.1, -0.05) is 12.1 Å². The van der Waals surface area contributed by atoms with Gasteiger partial charge in [-0.25, -0.2) is 9.97 Å². The Morgan fingerprint density at radius 1 is 1.11 bits per heavy atom. The highest BCUT2D eigenvalue weighted by Crippen LogP contribution is 2.24. The van der Waals surface area contributed by atoms with Gasteiger partial charge in [0.05, 0.1) is 11.7 Å². The summed E-state index contributed by atoms with van der Waals surface area (Å²) < 4.78 is 5.82. The van der Waals surface area contributed by atoms with Gasteiger partial charge in [0.1, 0.15) is 18.2 Å². The van der Waals surface area contributed by atoms with Gasteiger partial charge in [-0.3, -0.25) is 5.10 Å². The molecule has 0 aliphatic carbocycles. The van der Waals surface area contributed by atoms with Crippen LogP contribution in [0.25, 0.3) is 22.3 Å². The lowest BCUT2D eigenvalue weighted by molar-refractivity contribution is 0.261. The average Bonchev–Trinajstić information content (AvgIpc) is 3.16. The number of aromatic nitrogens is 4. The van der Waals surface area contributed by atoms with Crippen molar-refractivity contribution in [3.63, 3.8) is 0 Å². The predicted octanol–water partition coefficient (Wildman–Crippen LogP) is 3.70. The first-order valence-corrected chi connectivity index (χ1v) is 9.08. The maximum Gasteiger partial charge on any atom is 0.161 e. The zero-order chi connectivity index (χ0) is 19.3. The van der Waals surface area contributed by atoms with E-state index in [9.17, 15) is 0 Å². The molecule has 0 amide bonds. The van der Waals surface area contributed by atoms with Crippen molar-refractivity contribution in [1.82, 2.24) is 25.1 Å². The van der Waals surface area contributed by atoms with Gasteiger partial charge in [-0.2, -0.15) is 5.10 Å². The summed E-state index contributed by atoms with van der Waals surface area (Å²) >= 11 is 0. The van der Waals surface area contributed by atoms with E-state index in [2.05, 4.69) is 30.4 Å². The number of nitrogens with zero attached hydrogens (tertiary/aromatic N) is 4. The van der Waals surface area contributed by atoms with Gasteiger partial charge in [-0.05, 0) is 50.5 Å². The van der Waals surface area contributed by atoms with E-state index in [1.807, 2.05) is 62.6 Å². The molecule has 0 bridgehead atoms. The Balaban J connectivity index is 1.51. The standard InChI is InChI=1S/C21H22N6O/c1-27(2)10-11-28-18-5-3-4-15(13-18)21-22-9-8-20(25-21)24-17-6-7-19-16(12-17)14-23-26-19/h3-9,12-14H,10-11H2,1-2H3,(H,23,26)(H,22,24,25). The molecule has 0 unspecified atom stereocenters. The molecule has 0 aliphatic heterocycles. The molecule has 7 heteroatoms. The molecular weight excluding hydrogens is 352 g/mol. The van der Waals surface area contributed by atoms with E-state index in [-0.39, 0.29) is 0 Å². The highest BCUT2D eigenvalue weighted by molar-refractivity contribution is 5.82. The number of benzene rings is 2. The lowest BCUT2D eigenvalue weighted by atomic mass is 10.2. The largest absolute Gasteiger partial charge is 0.492 e. The van der Waals surface area contributed by atoms with E-state index in [0.717, 1.165) is 40.3 Å². The summed E-state index contributed by atoms with van der Waals surface area (Å²) in [6, 6.07) is 15.7. The summed E-state index contributed by atoms with van der Waals surface area (Å²) in [4.78, 5) is 11.1. The molecule has 2 aromatic heterocycles. The van der Waals surface area contributed by atoms with Crippen LogP contribution >= 0.6 is 0 Å². The van der Waals surface area contributed by atoms with Crippen LogP contribution < -0.4 is 10.1 Å². The smallest absolute Gasteiger partial charge is 0.161 e. The molecule has 0 saturated heterocycles. The van der Waals surface area contributed by atoms with Gasteiger partial charge in [0.25, 0.3) is 0 Å².